The molecule has 0 fully saturated rings. The van der Waals surface area contributed by atoms with Crippen LogP contribution in [0.1, 0.15) is 25.0 Å². The molecule has 0 saturated carbocycles. The van der Waals surface area contributed by atoms with Gasteiger partial charge in [-0.05, 0) is 36.6 Å². The van der Waals surface area contributed by atoms with Gasteiger partial charge in [-0.2, -0.15) is 0 Å². The minimum atomic E-state index is -3.33. The number of ether oxygens (including phenoxy) is 1. The minimum absolute atomic E-state index is 0.0703. The van der Waals surface area contributed by atoms with Crippen LogP contribution in [-0.4, -0.2) is 21.1 Å². The molecule has 0 aromatic heterocycles. The molecule has 1 aromatic rings. The van der Waals surface area contributed by atoms with Crippen molar-refractivity contribution in [1.82, 2.24) is 0 Å². The monoisotopic (exact) mass is 267 g/mol. The molecule has 1 aliphatic rings. The van der Waals surface area contributed by atoms with E-state index in [1.807, 2.05) is 19.9 Å². The minimum Gasteiger partial charge on any atom is -0.374 e. The zero-order valence-corrected chi connectivity index (χ0v) is 11.3. The Hall–Kier alpha value is -1.17. The molecule has 0 amide bonds. The predicted molar refractivity (Wildman–Crippen MR) is 70.6 cm³/mol. The number of hydrogen-bond acceptors (Lipinski definition) is 4. The van der Waals surface area contributed by atoms with Crippen LogP contribution < -0.4 is 5.73 Å². The summed E-state index contributed by atoms with van der Waals surface area (Å²) in [6, 6.07) is 5.30. The van der Waals surface area contributed by atoms with Gasteiger partial charge in [0.1, 0.15) is 0 Å². The van der Waals surface area contributed by atoms with Crippen LogP contribution in [0.4, 0.5) is 0 Å². The van der Waals surface area contributed by atoms with Crippen LogP contribution >= 0.6 is 0 Å². The molecular formula is C13H17NO3S. The first-order valence-electron chi connectivity index (χ1n) is 5.84. The van der Waals surface area contributed by atoms with Gasteiger partial charge in [-0.1, -0.05) is 12.1 Å². The van der Waals surface area contributed by atoms with Crippen molar-refractivity contribution in [3.8, 4) is 0 Å². The summed E-state index contributed by atoms with van der Waals surface area (Å²) in [5.41, 5.74) is 7.79. The molecule has 0 atom stereocenters. The van der Waals surface area contributed by atoms with Crippen LogP contribution in [0.3, 0.4) is 0 Å². The lowest BCUT2D eigenvalue weighted by Crippen LogP contribution is -2.05. The first-order valence-corrected chi connectivity index (χ1v) is 7.39. The lowest BCUT2D eigenvalue weighted by Gasteiger charge is -2.09. The molecule has 0 spiro atoms. The highest BCUT2D eigenvalue weighted by Crippen LogP contribution is 2.34. The predicted octanol–water partition coefficient (Wildman–Crippen LogP) is 1.70. The van der Waals surface area contributed by atoms with Crippen molar-refractivity contribution in [3.63, 3.8) is 0 Å². The third kappa shape index (κ3) is 2.48. The smallest absolute Gasteiger partial charge is 0.200 e. The van der Waals surface area contributed by atoms with E-state index in [0.29, 0.717) is 23.6 Å². The number of sulfone groups is 1. The number of hydrogen-bond donors (Lipinski definition) is 1. The van der Waals surface area contributed by atoms with Gasteiger partial charge >= 0.3 is 0 Å². The van der Waals surface area contributed by atoms with E-state index in [2.05, 4.69) is 0 Å². The highest BCUT2D eigenvalue weighted by Gasteiger charge is 2.27. The average molecular weight is 267 g/mol. The molecular weight excluding hydrogens is 250 g/mol. The van der Waals surface area contributed by atoms with E-state index in [1.165, 1.54) is 5.41 Å². The summed E-state index contributed by atoms with van der Waals surface area (Å²) in [5.74, 6) is 0. The van der Waals surface area contributed by atoms with Crippen molar-refractivity contribution in [2.45, 2.75) is 31.4 Å². The third-order valence-electron chi connectivity index (χ3n) is 2.80. The first kappa shape index (κ1) is 13.3. The topological polar surface area (TPSA) is 69.4 Å². The summed E-state index contributed by atoms with van der Waals surface area (Å²) in [5, 5.41) is 1.29. The van der Waals surface area contributed by atoms with Gasteiger partial charge in [0.2, 0.25) is 9.84 Å². The maximum atomic E-state index is 12.0. The van der Waals surface area contributed by atoms with Gasteiger partial charge in [-0.25, -0.2) is 8.42 Å². The summed E-state index contributed by atoms with van der Waals surface area (Å²) in [4.78, 5) is 0.341. The molecule has 1 heterocycles. The fraction of sp³-hybridized carbons (Fsp3) is 0.385. The quantitative estimate of drug-likeness (QED) is 0.901. The fourth-order valence-corrected chi connectivity index (χ4v) is 3.39. The summed E-state index contributed by atoms with van der Waals surface area (Å²) in [7, 11) is -3.33. The van der Waals surface area contributed by atoms with Crippen molar-refractivity contribution >= 4 is 15.4 Å². The molecule has 98 valence electrons. The van der Waals surface area contributed by atoms with Crippen molar-refractivity contribution < 1.29 is 13.2 Å². The zero-order chi connectivity index (χ0) is 13.3. The molecule has 5 heteroatoms. The standard InChI is InChI=1S/C13H17NO3S/c1-9(2)17-7-11-8-18(15,16)13-5-10(6-14)3-4-12(11)13/h3-5,8-9H,6-7,14H2,1-2H3. The highest BCUT2D eigenvalue weighted by molar-refractivity contribution is 7.95. The van der Waals surface area contributed by atoms with Crippen LogP contribution in [0.2, 0.25) is 0 Å². The van der Waals surface area contributed by atoms with Crippen LogP contribution in [-0.2, 0) is 21.1 Å². The normalized spacial score (nSPS) is 16.8. The molecule has 4 nitrogen and oxygen atoms in total. The Morgan fingerprint density at radius 2 is 2.06 bits per heavy atom. The summed E-state index contributed by atoms with van der Waals surface area (Å²) in [6.45, 7) is 4.48. The molecule has 1 aromatic carbocycles. The van der Waals surface area contributed by atoms with Gasteiger partial charge in [-0.3, -0.25) is 0 Å². The number of fused-ring (bicyclic) bond motifs is 1. The average Bonchev–Trinajstić information content (AvgIpc) is 2.58. The largest absolute Gasteiger partial charge is 0.374 e. The second-order valence-electron chi connectivity index (χ2n) is 4.58. The summed E-state index contributed by atoms with van der Waals surface area (Å²) >= 11 is 0. The van der Waals surface area contributed by atoms with Crippen molar-refractivity contribution in [2.24, 2.45) is 5.73 Å². The molecule has 0 aliphatic carbocycles. The van der Waals surface area contributed by atoms with Gasteiger partial charge in [-0.15, -0.1) is 0 Å². The van der Waals surface area contributed by atoms with E-state index in [-0.39, 0.29) is 6.10 Å². The van der Waals surface area contributed by atoms with E-state index < -0.39 is 9.84 Å². The summed E-state index contributed by atoms with van der Waals surface area (Å²) in [6.07, 6.45) is 0.0703. The Morgan fingerprint density at radius 3 is 2.67 bits per heavy atom. The Bertz CT molecular complexity index is 588. The second-order valence-corrected chi connectivity index (χ2v) is 6.35. The van der Waals surface area contributed by atoms with Gasteiger partial charge in [0.15, 0.2) is 0 Å². The fourth-order valence-electron chi connectivity index (χ4n) is 1.88. The molecule has 18 heavy (non-hydrogen) atoms. The lowest BCUT2D eigenvalue weighted by atomic mass is 10.1. The van der Waals surface area contributed by atoms with Gasteiger partial charge in [0.05, 0.1) is 17.6 Å². The molecule has 0 saturated heterocycles. The first-order chi connectivity index (χ1) is 8.44. The molecule has 1 aliphatic heterocycles. The number of rotatable bonds is 4. The molecule has 2 N–H and O–H groups in total. The highest BCUT2D eigenvalue weighted by atomic mass is 32.2. The van der Waals surface area contributed by atoms with Crippen LogP contribution in [0, 0.1) is 0 Å². The van der Waals surface area contributed by atoms with E-state index >= 15 is 0 Å². The Kier molecular flexibility index (Phi) is 3.56. The SMILES string of the molecule is CC(C)OCC1=CS(=O)(=O)c2cc(CN)ccc21. The lowest BCUT2D eigenvalue weighted by molar-refractivity contribution is 0.107. The molecule has 0 unspecified atom stereocenters. The summed E-state index contributed by atoms with van der Waals surface area (Å²) < 4.78 is 29.5. The maximum Gasteiger partial charge on any atom is 0.200 e. The Morgan fingerprint density at radius 1 is 1.33 bits per heavy atom. The molecule has 0 radical (unpaired) electrons. The van der Waals surface area contributed by atoms with Crippen LogP contribution in [0.15, 0.2) is 28.5 Å². The van der Waals surface area contributed by atoms with Crippen LogP contribution in [0.25, 0.3) is 5.57 Å². The number of benzene rings is 1. The molecule has 0 bridgehead atoms. The maximum absolute atomic E-state index is 12.0. The Balaban J connectivity index is 2.39. The van der Waals surface area contributed by atoms with Gasteiger partial charge < -0.3 is 10.5 Å². The van der Waals surface area contributed by atoms with Gasteiger partial charge in [0.25, 0.3) is 0 Å². The molecule has 2 rings (SSSR count). The second kappa shape index (κ2) is 4.84. The van der Waals surface area contributed by atoms with E-state index in [4.69, 9.17) is 10.5 Å². The zero-order valence-electron chi connectivity index (χ0n) is 10.5. The number of nitrogens with two attached hydrogens (primary N) is 1. The van der Waals surface area contributed by atoms with Crippen molar-refractivity contribution in [1.29, 1.82) is 0 Å². The van der Waals surface area contributed by atoms with Gasteiger partial charge in [0, 0.05) is 12.0 Å². The van der Waals surface area contributed by atoms with Crippen LogP contribution in [0.5, 0.6) is 0 Å². The Labute approximate surface area is 107 Å². The van der Waals surface area contributed by atoms with Crippen molar-refractivity contribution in [2.75, 3.05) is 6.61 Å². The third-order valence-corrected chi connectivity index (χ3v) is 4.35. The van der Waals surface area contributed by atoms with Crippen molar-refractivity contribution in [3.05, 3.63) is 34.7 Å². The van der Waals surface area contributed by atoms with E-state index in [1.54, 1.807) is 12.1 Å². The van der Waals surface area contributed by atoms with E-state index in [9.17, 15) is 8.42 Å². The van der Waals surface area contributed by atoms with E-state index in [0.717, 1.165) is 11.1 Å².